The van der Waals surface area contributed by atoms with Crippen LogP contribution in [0.2, 0.25) is 5.15 Å². The number of ether oxygens (including phenoxy) is 1. The summed E-state index contributed by atoms with van der Waals surface area (Å²) in [6, 6.07) is 5.37. The van der Waals surface area contributed by atoms with Crippen LogP contribution in [0.15, 0.2) is 18.3 Å². The average Bonchev–Trinajstić information content (AvgIpc) is 2.37. The number of hydrogen-bond donors (Lipinski definition) is 1. The molecule has 1 amide bonds. The predicted octanol–water partition coefficient (Wildman–Crippen LogP) is 2.17. The van der Waals surface area contributed by atoms with E-state index in [1.54, 1.807) is 19.1 Å². The summed E-state index contributed by atoms with van der Waals surface area (Å²) in [7, 11) is 0. The molecule has 0 fully saturated rings. The summed E-state index contributed by atoms with van der Waals surface area (Å²) < 4.78 is 5.25. The molecule has 1 N–H and O–H groups in total. The molecule has 0 bridgehead atoms. The van der Waals surface area contributed by atoms with Crippen LogP contribution in [0.3, 0.4) is 0 Å². The van der Waals surface area contributed by atoms with Crippen molar-refractivity contribution in [3.63, 3.8) is 0 Å². The summed E-state index contributed by atoms with van der Waals surface area (Å²) in [5.41, 5.74) is -0.917. The molecule has 1 aromatic rings. The Morgan fingerprint density at radius 2 is 2.37 bits per heavy atom. The van der Waals surface area contributed by atoms with E-state index in [9.17, 15) is 4.79 Å². The topological polar surface area (TPSA) is 75.0 Å². The summed E-state index contributed by atoms with van der Waals surface area (Å²) in [4.78, 5) is 15.6. The van der Waals surface area contributed by atoms with Crippen molar-refractivity contribution >= 4 is 17.5 Å². The normalized spacial score (nSPS) is 13.5. The molecule has 0 saturated heterocycles. The van der Waals surface area contributed by atoms with Gasteiger partial charge >= 0.3 is 0 Å². The number of halogens is 1. The van der Waals surface area contributed by atoms with Crippen molar-refractivity contribution in [1.29, 1.82) is 5.26 Å². The van der Waals surface area contributed by atoms with E-state index in [-0.39, 0.29) is 23.6 Å². The Hall–Kier alpha value is -1.80. The highest BCUT2D eigenvalue weighted by molar-refractivity contribution is 6.30. The Bertz CT molecular complexity index is 499. The number of aromatic nitrogens is 1. The molecule has 0 aromatic carbocycles. The summed E-state index contributed by atoms with van der Waals surface area (Å²) in [5, 5.41) is 11.9. The van der Waals surface area contributed by atoms with Gasteiger partial charge in [0.25, 0.3) is 5.91 Å². The van der Waals surface area contributed by atoms with E-state index in [1.165, 1.54) is 6.20 Å². The summed E-state index contributed by atoms with van der Waals surface area (Å²) >= 11 is 5.80. The van der Waals surface area contributed by atoms with Gasteiger partial charge in [-0.2, -0.15) is 5.26 Å². The Morgan fingerprint density at radius 1 is 1.68 bits per heavy atom. The lowest BCUT2D eigenvalue weighted by atomic mass is 9.90. The third kappa shape index (κ3) is 4.11. The smallest absolute Gasteiger partial charge is 0.259 e. The van der Waals surface area contributed by atoms with E-state index < -0.39 is 5.54 Å². The van der Waals surface area contributed by atoms with E-state index >= 15 is 0 Å². The second kappa shape index (κ2) is 6.39. The molecule has 0 aliphatic carbocycles. The minimum Gasteiger partial charge on any atom is -0.481 e. The minimum absolute atomic E-state index is 0.0107. The zero-order valence-corrected chi connectivity index (χ0v) is 11.9. The molecule has 1 atom stereocenters. The lowest BCUT2D eigenvalue weighted by molar-refractivity contribution is -0.124. The monoisotopic (exact) mass is 281 g/mol. The Kier molecular flexibility index (Phi) is 5.13. The van der Waals surface area contributed by atoms with Crippen molar-refractivity contribution in [2.24, 2.45) is 5.92 Å². The third-order valence-electron chi connectivity index (χ3n) is 2.87. The molecule has 1 aromatic heterocycles. The molecular formula is C13H16ClN3O2. The maximum Gasteiger partial charge on any atom is 0.259 e. The summed E-state index contributed by atoms with van der Waals surface area (Å²) in [6.45, 7) is 5.19. The van der Waals surface area contributed by atoms with E-state index in [0.29, 0.717) is 5.75 Å². The van der Waals surface area contributed by atoms with E-state index in [4.69, 9.17) is 21.6 Å². The number of nitrogens with zero attached hydrogens (tertiary/aromatic N) is 2. The van der Waals surface area contributed by atoms with Gasteiger partial charge in [0.15, 0.2) is 17.5 Å². The number of nitrogens with one attached hydrogen (secondary N) is 1. The van der Waals surface area contributed by atoms with Gasteiger partial charge in [-0.1, -0.05) is 25.4 Å². The number of rotatable bonds is 5. The zero-order chi connectivity index (χ0) is 14.5. The lowest BCUT2D eigenvalue weighted by Crippen LogP contribution is -2.50. The third-order valence-corrected chi connectivity index (χ3v) is 3.15. The van der Waals surface area contributed by atoms with Gasteiger partial charge in [-0.3, -0.25) is 4.79 Å². The fraction of sp³-hybridized carbons (Fsp3) is 0.462. The zero-order valence-electron chi connectivity index (χ0n) is 11.1. The first kappa shape index (κ1) is 15.3. The van der Waals surface area contributed by atoms with Crippen LogP contribution in [0.25, 0.3) is 0 Å². The molecule has 19 heavy (non-hydrogen) atoms. The predicted molar refractivity (Wildman–Crippen MR) is 71.7 cm³/mol. The molecule has 5 nitrogen and oxygen atoms in total. The highest BCUT2D eigenvalue weighted by Gasteiger charge is 2.30. The van der Waals surface area contributed by atoms with Crippen molar-refractivity contribution in [1.82, 2.24) is 10.3 Å². The van der Waals surface area contributed by atoms with Gasteiger partial charge in [0.05, 0.1) is 6.07 Å². The molecule has 0 spiro atoms. The second-order valence-electron chi connectivity index (χ2n) is 4.60. The molecule has 1 heterocycles. The SMILES string of the molecule is CC(C)C(C)(C#N)NC(=O)COc1cccnc1Cl. The Morgan fingerprint density at radius 3 is 2.89 bits per heavy atom. The standard InChI is InChI=1S/C13H16ClN3O2/c1-9(2)13(3,8-15)17-11(18)7-19-10-5-4-6-16-12(10)14/h4-6,9H,7H2,1-3H3,(H,17,18). The van der Waals surface area contributed by atoms with Gasteiger partial charge in [-0.25, -0.2) is 4.98 Å². The number of pyridine rings is 1. The van der Waals surface area contributed by atoms with Crippen molar-refractivity contribution in [3.8, 4) is 11.8 Å². The van der Waals surface area contributed by atoms with Gasteiger partial charge in [0.2, 0.25) is 0 Å². The molecule has 102 valence electrons. The molecule has 1 rings (SSSR count). The molecular weight excluding hydrogens is 266 g/mol. The van der Waals surface area contributed by atoms with Crippen LogP contribution in [0.4, 0.5) is 0 Å². The van der Waals surface area contributed by atoms with Crippen molar-refractivity contribution in [3.05, 3.63) is 23.5 Å². The first-order chi connectivity index (χ1) is 8.89. The van der Waals surface area contributed by atoms with Crippen LogP contribution in [0, 0.1) is 17.2 Å². The number of carbonyl (C=O) groups is 1. The highest BCUT2D eigenvalue weighted by Crippen LogP contribution is 2.20. The van der Waals surface area contributed by atoms with Crippen LogP contribution in [0.1, 0.15) is 20.8 Å². The van der Waals surface area contributed by atoms with Crippen molar-refractivity contribution in [2.75, 3.05) is 6.61 Å². The minimum atomic E-state index is -0.917. The fourth-order valence-corrected chi connectivity index (χ4v) is 1.42. The molecule has 0 radical (unpaired) electrons. The fourth-order valence-electron chi connectivity index (χ4n) is 1.25. The van der Waals surface area contributed by atoms with E-state index in [2.05, 4.69) is 16.4 Å². The first-order valence-corrected chi connectivity index (χ1v) is 6.22. The number of carbonyl (C=O) groups excluding carboxylic acids is 1. The van der Waals surface area contributed by atoms with E-state index in [0.717, 1.165) is 0 Å². The van der Waals surface area contributed by atoms with Crippen LogP contribution in [-0.2, 0) is 4.79 Å². The van der Waals surface area contributed by atoms with Gasteiger partial charge < -0.3 is 10.1 Å². The Balaban J connectivity index is 2.58. The Labute approximate surface area is 117 Å². The van der Waals surface area contributed by atoms with Gasteiger partial charge in [-0.05, 0) is 25.0 Å². The summed E-state index contributed by atoms with van der Waals surface area (Å²) in [6.07, 6.45) is 1.53. The van der Waals surface area contributed by atoms with Gasteiger partial charge in [-0.15, -0.1) is 0 Å². The maximum absolute atomic E-state index is 11.8. The average molecular weight is 282 g/mol. The lowest BCUT2D eigenvalue weighted by Gasteiger charge is -2.27. The van der Waals surface area contributed by atoms with Crippen molar-refractivity contribution in [2.45, 2.75) is 26.3 Å². The maximum atomic E-state index is 11.8. The first-order valence-electron chi connectivity index (χ1n) is 5.84. The van der Waals surface area contributed by atoms with Gasteiger partial charge in [0, 0.05) is 6.20 Å². The van der Waals surface area contributed by atoms with Crippen molar-refractivity contribution < 1.29 is 9.53 Å². The van der Waals surface area contributed by atoms with Crippen LogP contribution in [0.5, 0.6) is 5.75 Å². The second-order valence-corrected chi connectivity index (χ2v) is 4.96. The van der Waals surface area contributed by atoms with Crippen LogP contribution < -0.4 is 10.1 Å². The highest BCUT2D eigenvalue weighted by atomic mass is 35.5. The van der Waals surface area contributed by atoms with Crippen LogP contribution >= 0.6 is 11.6 Å². The number of hydrogen-bond acceptors (Lipinski definition) is 4. The van der Waals surface area contributed by atoms with Crippen LogP contribution in [-0.4, -0.2) is 23.0 Å². The number of amides is 1. The number of nitriles is 1. The molecule has 0 saturated carbocycles. The summed E-state index contributed by atoms with van der Waals surface area (Å²) in [5.74, 6) is -0.0522. The van der Waals surface area contributed by atoms with E-state index in [1.807, 2.05) is 13.8 Å². The quantitative estimate of drug-likeness (QED) is 0.839. The molecule has 0 aliphatic rings. The molecule has 6 heteroatoms. The largest absolute Gasteiger partial charge is 0.481 e. The molecule has 1 unspecified atom stereocenters. The molecule has 0 aliphatic heterocycles. The van der Waals surface area contributed by atoms with Gasteiger partial charge in [0.1, 0.15) is 5.54 Å².